The zero-order valence-corrected chi connectivity index (χ0v) is 4.85. The van der Waals surface area contributed by atoms with Gasteiger partial charge in [0.1, 0.15) is 0 Å². The maximum Gasteiger partial charge on any atom is 0.0771 e. The summed E-state index contributed by atoms with van der Waals surface area (Å²) >= 11 is 0. The van der Waals surface area contributed by atoms with Crippen molar-refractivity contribution in [2.75, 3.05) is 13.1 Å². The van der Waals surface area contributed by atoms with Crippen molar-refractivity contribution in [3.05, 3.63) is 12.2 Å². The Balaban J connectivity index is 2.39. The molecule has 8 heavy (non-hydrogen) atoms. The van der Waals surface area contributed by atoms with Gasteiger partial charge >= 0.3 is 0 Å². The molecule has 46 valence electrons. The van der Waals surface area contributed by atoms with Gasteiger partial charge in [-0.15, -0.1) is 0 Å². The minimum atomic E-state index is -0.253. The first-order valence-corrected chi connectivity index (χ1v) is 2.87. The van der Waals surface area contributed by atoms with Crippen molar-refractivity contribution in [1.82, 2.24) is 5.32 Å². The normalized spacial score (nSPS) is 30.6. The van der Waals surface area contributed by atoms with Crippen LogP contribution in [-0.2, 0) is 0 Å². The monoisotopic (exact) mass is 113 g/mol. The van der Waals surface area contributed by atoms with Gasteiger partial charge in [0.05, 0.1) is 6.10 Å². The van der Waals surface area contributed by atoms with Gasteiger partial charge in [0.2, 0.25) is 0 Å². The molecule has 1 saturated heterocycles. The van der Waals surface area contributed by atoms with Crippen LogP contribution in [0.3, 0.4) is 0 Å². The molecule has 1 aliphatic rings. The van der Waals surface area contributed by atoms with Crippen LogP contribution in [0, 0.1) is 0 Å². The number of aliphatic hydroxyl groups excluding tert-OH is 1. The summed E-state index contributed by atoms with van der Waals surface area (Å²) in [6.07, 6.45) is 0.565. The Morgan fingerprint density at radius 2 is 2.50 bits per heavy atom. The first-order chi connectivity index (χ1) is 3.80. The summed E-state index contributed by atoms with van der Waals surface area (Å²) < 4.78 is 0. The molecule has 0 aromatic rings. The Morgan fingerprint density at radius 3 is 2.88 bits per heavy atom. The second-order valence-corrected chi connectivity index (χ2v) is 2.14. The molecule has 0 amide bonds. The molecule has 0 saturated carbocycles. The Bertz CT molecular complexity index is 101. The molecule has 1 heterocycles. The molecule has 1 atom stereocenters. The van der Waals surface area contributed by atoms with Gasteiger partial charge in [0.15, 0.2) is 0 Å². The average Bonchev–Trinajstić information content (AvgIpc) is 1.77. The van der Waals surface area contributed by atoms with Gasteiger partial charge in [-0.05, 0) is 18.5 Å². The quantitative estimate of drug-likeness (QED) is 0.430. The van der Waals surface area contributed by atoms with Crippen LogP contribution in [0.25, 0.3) is 0 Å². The van der Waals surface area contributed by atoms with Crippen LogP contribution >= 0.6 is 0 Å². The number of nitrogens with one attached hydrogen (secondary N) is 1. The van der Waals surface area contributed by atoms with E-state index in [-0.39, 0.29) is 6.10 Å². The molecule has 0 spiro atoms. The van der Waals surface area contributed by atoms with E-state index < -0.39 is 0 Å². The summed E-state index contributed by atoms with van der Waals surface area (Å²) in [5.41, 5.74) is 0.913. The third-order valence-electron chi connectivity index (χ3n) is 1.42. The number of hydrogen-bond acceptors (Lipinski definition) is 2. The lowest BCUT2D eigenvalue weighted by molar-refractivity contribution is 0.185. The van der Waals surface area contributed by atoms with E-state index in [1.807, 2.05) is 0 Å². The predicted molar refractivity (Wildman–Crippen MR) is 32.6 cm³/mol. The van der Waals surface area contributed by atoms with Crippen molar-refractivity contribution < 1.29 is 5.11 Å². The summed E-state index contributed by atoms with van der Waals surface area (Å²) in [5.74, 6) is 0. The van der Waals surface area contributed by atoms with Crippen molar-refractivity contribution >= 4 is 0 Å². The van der Waals surface area contributed by atoms with Crippen LogP contribution in [0.5, 0.6) is 0 Å². The summed E-state index contributed by atoms with van der Waals surface area (Å²) in [4.78, 5) is 0. The van der Waals surface area contributed by atoms with Crippen molar-refractivity contribution in [2.45, 2.75) is 12.5 Å². The summed E-state index contributed by atoms with van der Waals surface area (Å²) in [6, 6.07) is 0. The summed E-state index contributed by atoms with van der Waals surface area (Å²) in [7, 11) is 0. The van der Waals surface area contributed by atoms with Crippen molar-refractivity contribution in [3.8, 4) is 0 Å². The van der Waals surface area contributed by atoms with Crippen molar-refractivity contribution in [2.24, 2.45) is 0 Å². The van der Waals surface area contributed by atoms with Gasteiger partial charge in [0.25, 0.3) is 0 Å². The molecule has 0 bridgehead atoms. The molecule has 1 rings (SSSR count). The van der Waals surface area contributed by atoms with Gasteiger partial charge in [-0.25, -0.2) is 0 Å². The van der Waals surface area contributed by atoms with E-state index in [1.54, 1.807) is 0 Å². The SMILES string of the molecule is C=C1CNCC[C@@H]1O. The number of piperidine rings is 1. The molecule has 0 aliphatic carbocycles. The Morgan fingerprint density at radius 1 is 1.75 bits per heavy atom. The van der Waals surface area contributed by atoms with Crippen LogP contribution in [0.15, 0.2) is 12.2 Å². The van der Waals surface area contributed by atoms with Gasteiger partial charge < -0.3 is 10.4 Å². The second-order valence-electron chi connectivity index (χ2n) is 2.14. The molecule has 0 unspecified atom stereocenters. The van der Waals surface area contributed by atoms with Crippen LogP contribution in [-0.4, -0.2) is 24.3 Å². The van der Waals surface area contributed by atoms with E-state index in [0.717, 1.165) is 25.1 Å². The standard InChI is InChI=1S/C6H11NO/c1-5-4-7-3-2-6(5)8/h6-8H,1-4H2/t6-/m0/s1. The fourth-order valence-corrected chi connectivity index (χ4v) is 0.810. The van der Waals surface area contributed by atoms with Crippen LogP contribution in [0.4, 0.5) is 0 Å². The third-order valence-corrected chi connectivity index (χ3v) is 1.42. The minimum absolute atomic E-state index is 0.253. The third kappa shape index (κ3) is 1.08. The lowest BCUT2D eigenvalue weighted by Gasteiger charge is -2.19. The molecule has 2 heteroatoms. The van der Waals surface area contributed by atoms with E-state index in [2.05, 4.69) is 11.9 Å². The van der Waals surface area contributed by atoms with Crippen molar-refractivity contribution in [3.63, 3.8) is 0 Å². The smallest absolute Gasteiger partial charge is 0.0771 e. The van der Waals surface area contributed by atoms with Gasteiger partial charge in [0, 0.05) is 6.54 Å². The van der Waals surface area contributed by atoms with Crippen LogP contribution in [0.2, 0.25) is 0 Å². The highest BCUT2D eigenvalue weighted by molar-refractivity contribution is 5.06. The van der Waals surface area contributed by atoms with E-state index in [9.17, 15) is 0 Å². The molecular weight excluding hydrogens is 102 g/mol. The lowest BCUT2D eigenvalue weighted by atomic mass is 10.1. The maximum absolute atomic E-state index is 9.04. The van der Waals surface area contributed by atoms with Crippen LogP contribution < -0.4 is 5.32 Å². The van der Waals surface area contributed by atoms with E-state index >= 15 is 0 Å². The van der Waals surface area contributed by atoms with Gasteiger partial charge in [-0.3, -0.25) is 0 Å². The topological polar surface area (TPSA) is 32.3 Å². The van der Waals surface area contributed by atoms with Crippen LogP contribution in [0.1, 0.15) is 6.42 Å². The molecule has 0 aromatic carbocycles. The molecule has 2 nitrogen and oxygen atoms in total. The van der Waals surface area contributed by atoms with Crippen molar-refractivity contribution in [1.29, 1.82) is 0 Å². The number of hydrogen-bond donors (Lipinski definition) is 2. The number of rotatable bonds is 0. The number of aliphatic hydroxyl groups is 1. The first kappa shape index (κ1) is 5.79. The molecule has 1 aliphatic heterocycles. The molecular formula is C6H11NO. The average molecular weight is 113 g/mol. The summed E-state index contributed by atoms with van der Waals surface area (Å²) in [5, 5.41) is 12.1. The Kier molecular flexibility index (Phi) is 1.65. The first-order valence-electron chi connectivity index (χ1n) is 2.87. The van der Waals surface area contributed by atoms with E-state index in [1.165, 1.54) is 0 Å². The summed E-state index contributed by atoms with van der Waals surface area (Å²) in [6.45, 7) is 5.38. The van der Waals surface area contributed by atoms with Gasteiger partial charge in [-0.1, -0.05) is 6.58 Å². The molecule has 0 radical (unpaired) electrons. The Hall–Kier alpha value is -0.340. The Labute approximate surface area is 49.2 Å². The highest BCUT2D eigenvalue weighted by atomic mass is 16.3. The zero-order chi connectivity index (χ0) is 5.98. The fraction of sp³-hybridized carbons (Fsp3) is 0.667. The largest absolute Gasteiger partial charge is 0.389 e. The maximum atomic E-state index is 9.04. The lowest BCUT2D eigenvalue weighted by Crippen LogP contribution is -2.32. The van der Waals surface area contributed by atoms with E-state index in [0.29, 0.717) is 0 Å². The molecule has 1 fully saturated rings. The highest BCUT2D eigenvalue weighted by Gasteiger charge is 2.11. The van der Waals surface area contributed by atoms with E-state index in [4.69, 9.17) is 5.11 Å². The van der Waals surface area contributed by atoms with Gasteiger partial charge in [-0.2, -0.15) is 0 Å². The zero-order valence-electron chi connectivity index (χ0n) is 4.85. The molecule has 2 N–H and O–H groups in total. The predicted octanol–water partition coefficient (Wildman–Crippen LogP) is -0.103. The minimum Gasteiger partial charge on any atom is -0.389 e. The second kappa shape index (κ2) is 2.29. The fourth-order valence-electron chi connectivity index (χ4n) is 0.810. The molecule has 0 aromatic heterocycles. The highest BCUT2D eigenvalue weighted by Crippen LogP contribution is 2.05.